The van der Waals surface area contributed by atoms with Gasteiger partial charge in [-0.15, -0.1) is 0 Å². The molecule has 0 bridgehead atoms. The molecule has 2 amide bonds. The lowest BCUT2D eigenvalue weighted by Gasteiger charge is -2.22. The number of hydrogen-bond acceptors (Lipinski definition) is 3. The molecule has 0 spiro atoms. The van der Waals surface area contributed by atoms with Crippen LogP contribution in [0.25, 0.3) is 0 Å². The van der Waals surface area contributed by atoms with Gasteiger partial charge in [0.1, 0.15) is 5.75 Å². The zero-order chi connectivity index (χ0) is 20.8. The highest BCUT2D eigenvalue weighted by Crippen LogP contribution is 2.23. The lowest BCUT2D eigenvalue weighted by Crippen LogP contribution is -2.34. The first-order valence-electron chi connectivity index (χ1n) is 10.4. The SMILES string of the molecule is Cc1ccc(C)c(O[C@H](C)C(=O)Nc2ccccc2C(=O)N2CCCCCC2)c1. The summed E-state index contributed by atoms with van der Waals surface area (Å²) in [5, 5.41) is 2.89. The number of benzene rings is 2. The Morgan fingerprint density at radius 3 is 2.41 bits per heavy atom. The number of likely N-dealkylation sites (tertiary alicyclic amines) is 1. The van der Waals surface area contributed by atoms with E-state index >= 15 is 0 Å². The second-order valence-corrected chi connectivity index (χ2v) is 7.77. The Labute approximate surface area is 173 Å². The van der Waals surface area contributed by atoms with Crippen molar-refractivity contribution in [2.45, 2.75) is 52.6 Å². The molecule has 1 atom stereocenters. The third kappa shape index (κ3) is 5.37. The van der Waals surface area contributed by atoms with Gasteiger partial charge in [-0.05, 0) is 62.9 Å². The van der Waals surface area contributed by atoms with Gasteiger partial charge in [-0.3, -0.25) is 9.59 Å². The molecule has 0 aliphatic carbocycles. The topological polar surface area (TPSA) is 58.6 Å². The maximum Gasteiger partial charge on any atom is 0.265 e. The van der Waals surface area contributed by atoms with E-state index in [-0.39, 0.29) is 11.8 Å². The summed E-state index contributed by atoms with van der Waals surface area (Å²) in [6.07, 6.45) is 3.70. The van der Waals surface area contributed by atoms with Gasteiger partial charge in [-0.25, -0.2) is 0 Å². The Balaban J connectivity index is 1.71. The van der Waals surface area contributed by atoms with Crippen LogP contribution in [0.3, 0.4) is 0 Å². The molecule has 1 heterocycles. The molecular weight excluding hydrogens is 364 g/mol. The number of carbonyl (C=O) groups excluding carboxylic acids is 2. The highest BCUT2D eigenvalue weighted by atomic mass is 16.5. The Hall–Kier alpha value is -2.82. The summed E-state index contributed by atoms with van der Waals surface area (Å²) in [6.45, 7) is 7.20. The lowest BCUT2D eigenvalue weighted by molar-refractivity contribution is -0.122. The van der Waals surface area contributed by atoms with Crippen LogP contribution in [0, 0.1) is 13.8 Å². The zero-order valence-electron chi connectivity index (χ0n) is 17.5. The average Bonchev–Trinajstić information content (AvgIpc) is 3.00. The van der Waals surface area contributed by atoms with Gasteiger partial charge in [0.25, 0.3) is 11.8 Å². The van der Waals surface area contributed by atoms with Crippen molar-refractivity contribution < 1.29 is 14.3 Å². The van der Waals surface area contributed by atoms with Gasteiger partial charge in [0.2, 0.25) is 0 Å². The molecule has 0 saturated carbocycles. The highest BCUT2D eigenvalue weighted by Gasteiger charge is 2.22. The van der Waals surface area contributed by atoms with E-state index in [1.165, 1.54) is 0 Å². The fraction of sp³-hybridized carbons (Fsp3) is 0.417. The van der Waals surface area contributed by atoms with E-state index in [0.717, 1.165) is 49.9 Å². The second-order valence-electron chi connectivity index (χ2n) is 7.77. The van der Waals surface area contributed by atoms with Gasteiger partial charge < -0.3 is 15.0 Å². The molecule has 1 aliphatic heterocycles. The molecule has 29 heavy (non-hydrogen) atoms. The lowest BCUT2D eigenvalue weighted by atomic mass is 10.1. The van der Waals surface area contributed by atoms with Crippen molar-refractivity contribution in [3.63, 3.8) is 0 Å². The summed E-state index contributed by atoms with van der Waals surface area (Å²) in [7, 11) is 0. The van der Waals surface area contributed by atoms with Crippen LogP contribution in [0.5, 0.6) is 5.75 Å². The maximum absolute atomic E-state index is 13.0. The average molecular weight is 395 g/mol. The Bertz CT molecular complexity index is 870. The fourth-order valence-corrected chi connectivity index (χ4v) is 3.54. The van der Waals surface area contributed by atoms with Gasteiger partial charge in [-0.1, -0.05) is 37.1 Å². The maximum atomic E-state index is 13.0. The largest absolute Gasteiger partial charge is 0.481 e. The number of nitrogens with one attached hydrogen (secondary N) is 1. The number of anilines is 1. The number of ether oxygens (including phenoxy) is 1. The molecule has 5 heteroatoms. The predicted molar refractivity (Wildman–Crippen MR) is 115 cm³/mol. The molecule has 1 aliphatic rings. The van der Waals surface area contributed by atoms with E-state index < -0.39 is 6.10 Å². The van der Waals surface area contributed by atoms with E-state index in [0.29, 0.717) is 17.0 Å². The summed E-state index contributed by atoms with van der Waals surface area (Å²) in [4.78, 5) is 27.7. The predicted octanol–water partition coefficient (Wildman–Crippen LogP) is 4.73. The van der Waals surface area contributed by atoms with Crippen LogP contribution in [0.1, 0.15) is 54.1 Å². The number of carbonyl (C=O) groups is 2. The van der Waals surface area contributed by atoms with Crippen molar-refractivity contribution in [1.82, 2.24) is 4.90 Å². The monoisotopic (exact) mass is 394 g/mol. The van der Waals surface area contributed by atoms with Gasteiger partial charge in [0.15, 0.2) is 6.10 Å². The quantitative estimate of drug-likeness (QED) is 0.798. The molecule has 1 N–H and O–H groups in total. The Morgan fingerprint density at radius 2 is 1.69 bits per heavy atom. The first-order valence-corrected chi connectivity index (χ1v) is 10.4. The number of nitrogens with zero attached hydrogens (tertiary/aromatic N) is 1. The summed E-state index contributed by atoms with van der Waals surface area (Å²) >= 11 is 0. The first-order chi connectivity index (χ1) is 14.0. The summed E-state index contributed by atoms with van der Waals surface area (Å²) in [5.41, 5.74) is 3.11. The normalized spacial score (nSPS) is 15.3. The number of para-hydroxylation sites is 1. The van der Waals surface area contributed by atoms with Crippen molar-refractivity contribution in [3.8, 4) is 5.75 Å². The number of hydrogen-bond donors (Lipinski definition) is 1. The molecule has 0 aromatic heterocycles. The molecule has 1 fully saturated rings. The van der Waals surface area contributed by atoms with Crippen LogP contribution in [0.2, 0.25) is 0 Å². The van der Waals surface area contributed by atoms with E-state index in [1.807, 2.05) is 49.1 Å². The summed E-state index contributed by atoms with van der Waals surface area (Å²) < 4.78 is 5.89. The Kier molecular flexibility index (Phi) is 6.91. The zero-order valence-corrected chi connectivity index (χ0v) is 17.5. The molecular formula is C24H30N2O3. The van der Waals surface area contributed by atoms with Crippen LogP contribution in [0.4, 0.5) is 5.69 Å². The van der Waals surface area contributed by atoms with Crippen LogP contribution < -0.4 is 10.1 Å². The molecule has 2 aromatic carbocycles. The van der Waals surface area contributed by atoms with Crippen molar-refractivity contribution in [1.29, 1.82) is 0 Å². The number of aryl methyl sites for hydroxylation is 2. The second kappa shape index (κ2) is 9.59. The molecule has 2 aromatic rings. The third-order valence-corrected chi connectivity index (χ3v) is 5.33. The molecule has 1 saturated heterocycles. The van der Waals surface area contributed by atoms with Gasteiger partial charge in [0, 0.05) is 13.1 Å². The molecule has 5 nitrogen and oxygen atoms in total. The highest BCUT2D eigenvalue weighted by molar-refractivity contribution is 6.04. The minimum absolute atomic E-state index is 0.0223. The van der Waals surface area contributed by atoms with Crippen molar-refractivity contribution in [2.75, 3.05) is 18.4 Å². The number of rotatable bonds is 5. The van der Waals surface area contributed by atoms with Crippen LogP contribution >= 0.6 is 0 Å². The minimum Gasteiger partial charge on any atom is -0.481 e. The smallest absolute Gasteiger partial charge is 0.265 e. The van der Waals surface area contributed by atoms with Crippen molar-refractivity contribution in [2.24, 2.45) is 0 Å². The summed E-state index contributed by atoms with van der Waals surface area (Å²) in [5.74, 6) is 0.398. The van der Waals surface area contributed by atoms with Crippen LogP contribution in [0.15, 0.2) is 42.5 Å². The molecule has 0 radical (unpaired) electrons. The van der Waals surface area contributed by atoms with Gasteiger partial charge in [-0.2, -0.15) is 0 Å². The van der Waals surface area contributed by atoms with E-state index in [9.17, 15) is 9.59 Å². The molecule has 154 valence electrons. The van der Waals surface area contributed by atoms with Gasteiger partial charge >= 0.3 is 0 Å². The van der Waals surface area contributed by atoms with Gasteiger partial charge in [0.05, 0.1) is 11.3 Å². The van der Waals surface area contributed by atoms with Crippen molar-refractivity contribution in [3.05, 3.63) is 59.2 Å². The summed E-state index contributed by atoms with van der Waals surface area (Å²) in [6, 6.07) is 13.1. The standard InChI is InChI=1S/C24H30N2O3/c1-17-12-13-18(2)22(16-17)29-19(3)23(27)25-21-11-7-6-10-20(21)24(28)26-14-8-4-5-9-15-26/h6-7,10-13,16,19H,4-5,8-9,14-15H2,1-3H3,(H,25,27)/t19-/m1/s1. The first kappa shape index (κ1) is 20.9. The van der Waals surface area contributed by atoms with E-state index in [2.05, 4.69) is 5.32 Å². The molecule has 3 rings (SSSR count). The number of amides is 2. The minimum atomic E-state index is -0.683. The van der Waals surface area contributed by atoms with Crippen molar-refractivity contribution >= 4 is 17.5 Å². The molecule has 0 unspecified atom stereocenters. The third-order valence-electron chi connectivity index (χ3n) is 5.33. The Morgan fingerprint density at radius 1 is 1.00 bits per heavy atom. The van der Waals surface area contributed by atoms with E-state index in [1.54, 1.807) is 19.1 Å². The van der Waals surface area contributed by atoms with E-state index in [4.69, 9.17) is 4.74 Å². The fourth-order valence-electron chi connectivity index (χ4n) is 3.54. The van der Waals surface area contributed by atoms with Crippen LogP contribution in [-0.2, 0) is 4.79 Å². The van der Waals surface area contributed by atoms with Crippen LogP contribution in [-0.4, -0.2) is 35.9 Å².